The molecule has 88 valence electrons. The van der Waals surface area contributed by atoms with Gasteiger partial charge in [-0.25, -0.2) is 4.79 Å². The average Bonchev–Trinajstić information content (AvgIpc) is 2.79. The van der Waals surface area contributed by atoms with E-state index in [-0.39, 0.29) is 23.7 Å². The molecule has 6 nitrogen and oxygen atoms in total. The van der Waals surface area contributed by atoms with E-state index in [0.717, 1.165) is 0 Å². The second-order valence-corrected chi connectivity index (χ2v) is 3.26. The van der Waals surface area contributed by atoms with Gasteiger partial charge in [0.05, 0.1) is 6.61 Å². The Labute approximate surface area is 97.2 Å². The van der Waals surface area contributed by atoms with Gasteiger partial charge in [-0.1, -0.05) is 12.1 Å². The van der Waals surface area contributed by atoms with Crippen molar-refractivity contribution < 1.29 is 14.6 Å². The van der Waals surface area contributed by atoms with Gasteiger partial charge in [0.25, 0.3) is 0 Å². The maximum absolute atomic E-state index is 11.6. The lowest BCUT2D eigenvalue weighted by molar-refractivity contribution is 0.0520. The molecule has 1 aromatic heterocycles. The van der Waals surface area contributed by atoms with Crippen molar-refractivity contribution in [2.75, 3.05) is 6.61 Å². The highest BCUT2D eigenvalue weighted by Gasteiger charge is 2.20. The number of carbonyl (C=O) groups is 1. The maximum atomic E-state index is 11.6. The minimum atomic E-state index is -0.570. The molecule has 2 aromatic rings. The van der Waals surface area contributed by atoms with Crippen molar-refractivity contribution in [3.05, 3.63) is 30.0 Å². The van der Waals surface area contributed by atoms with Gasteiger partial charge in [-0.3, -0.25) is 0 Å². The number of hydrogen-bond acceptors (Lipinski definition) is 5. The van der Waals surface area contributed by atoms with Crippen molar-refractivity contribution in [3.8, 4) is 17.0 Å². The predicted molar refractivity (Wildman–Crippen MR) is 59.4 cm³/mol. The molecule has 1 heterocycles. The molecule has 0 saturated heterocycles. The smallest absolute Gasteiger partial charge is 0.361 e. The molecule has 0 saturated carbocycles. The number of aromatic hydroxyl groups is 1. The highest BCUT2D eigenvalue weighted by molar-refractivity contribution is 5.94. The summed E-state index contributed by atoms with van der Waals surface area (Å²) in [5, 5.41) is 19.6. The van der Waals surface area contributed by atoms with Gasteiger partial charge in [-0.05, 0) is 19.1 Å². The number of phenolic OH excluding ortho intramolecular Hbond substituents is 1. The van der Waals surface area contributed by atoms with Crippen molar-refractivity contribution in [3.63, 3.8) is 0 Å². The maximum Gasteiger partial charge on any atom is 0.361 e. The first-order chi connectivity index (χ1) is 8.24. The Morgan fingerprint density at radius 1 is 1.41 bits per heavy atom. The minimum Gasteiger partial charge on any atom is -0.507 e. The van der Waals surface area contributed by atoms with Crippen molar-refractivity contribution in [2.24, 2.45) is 0 Å². The van der Waals surface area contributed by atoms with E-state index in [0.29, 0.717) is 5.56 Å². The highest BCUT2D eigenvalue weighted by Crippen LogP contribution is 2.28. The van der Waals surface area contributed by atoms with Crippen LogP contribution in [0.5, 0.6) is 5.75 Å². The van der Waals surface area contributed by atoms with Gasteiger partial charge in [0, 0.05) is 5.56 Å². The van der Waals surface area contributed by atoms with Crippen LogP contribution in [0.2, 0.25) is 0 Å². The third-order valence-electron chi connectivity index (χ3n) is 2.18. The number of ether oxygens (including phenoxy) is 1. The van der Waals surface area contributed by atoms with Crippen LogP contribution in [0.1, 0.15) is 17.4 Å². The zero-order valence-corrected chi connectivity index (χ0v) is 9.17. The second kappa shape index (κ2) is 4.65. The lowest BCUT2D eigenvalue weighted by Gasteiger charge is -2.02. The summed E-state index contributed by atoms with van der Waals surface area (Å²) in [5.41, 5.74) is 0.777. The van der Waals surface area contributed by atoms with E-state index in [9.17, 15) is 9.90 Å². The third-order valence-corrected chi connectivity index (χ3v) is 2.18. The van der Waals surface area contributed by atoms with E-state index < -0.39 is 5.97 Å². The number of para-hydroxylation sites is 1. The van der Waals surface area contributed by atoms with Gasteiger partial charge in [0.2, 0.25) is 0 Å². The number of nitrogens with zero attached hydrogens (tertiary/aromatic N) is 2. The zero-order valence-electron chi connectivity index (χ0n) is 9.17. The van der Waals surface area contributed by atoms with Gasteiger partial charge in [-0.15, -0.1) is 5.10 Å². The Bertz CT molecular complexity index is 536. The molecule has 2 rings (SSSR count). The molecular weight excluding hydrogens is 222 g/mol. The van der Waals surface area contributed by atoms with Gasteiger partial charge >= 0.3 is 5.97 Å². The van der Waals surface area contributed by atoms with E-state index in [4.69, 9.17) is 4.74 Å². The van der Waals surface area contributed by atoms with E-state index in [1.807, 2.05) is 0 Å². The number of esters is 1. The zero-order chi connectivity index (χ0) is 12.3. The number of aromatic amines is 1. The molecule has 0 aliphatic rings. The number of nitrogens with one attached hydrogen (secondary N) is 1. The van der Waals surface area contributed by atoms with Crippen molar-refractivity contribution in [1.82, 2.24) is 15.4 Å². The molecule has 0 bridgehead atoms. The summed E-state index contributed by atoms with van der Waals surface area (Å²) < 4.78 is 4.85. The summed E-state index contributed by atoms with van der Waals surface area (Å²) in [4.78, 5) is 11.6. The van der Waals surface area contributed by atoms with Crippen LogP contribution in [0, 0.1) is 0 Å². The highest BCUT2D eigenvalue weighted by atomic mass is 16.5. The average molecular weight is 233 g/mol. The van der Waals surface area contributed by atoms with Gasteiger partial charge in [0.15, 0.2) is 5.69 Å². The lowest BCUT2D eigenvalue weighted by atomic mass is 10.1. The topological polar surface area (TPSA) is 88.1 Å². The molecule has 0 radical (unpaired) electrons. The largest absolute Gasteiger partial charge is 0.507 e. The Morgan fingerprint density at radius 2 is 2.18 bits per heavy atom. The number of H-pyrrole nitrogens is 1. The Kier molecular flexibility index (Phi) is 3.04. The van der Waals surface area contributed by atoms with E-state index in [1.54, 1.807) is 25.1 Å². The summed E-state index contributed by atoms with van der Waals surface area (Å²) >= 11 is 0. The van der Waals surface area contributed by atoms with Crippen LogP contribution < -0.4 is 0 Å². The first-order valence-electron chi connectivity index (χ1n) is 5.10. The van der Waals surface area contributed by atoms with E-state index in [2.05, 4.69) is 15.4 Å². The van der Waals surface area contributed by atoms with Crippen LogP contribution in [0.3, 0.4) is 0 Å². The number of rotatable bonds is 3. The normalized spacial score (nSPS) is 10.2. The standard InChI is InChI=1S/C11H11N3O3/c1-2-17-11(16)10-9(12-14-13-10)7-5-3-4-6-8(7)15/h3-6,15H,2H2,1H3,(H,12,13,14). The summed E-state index contributed by atoms with van der Waals surface area (Å²) in [7, 11) is 0. The minimum absolute atomic E-state index is 0.0342. The van der Waals surface area contributed by atoms with Gasteiger partial charge in [-0.2, -0.15) is 10.3 Å². The quantitative estimate of drug-likeness (QED) is 0.781. The Morgan fingerprint density at radius 3 is 2.88 bits per heavy atom. The number of benzene rings is 1. The molecule has 0 aliphatic heterocycles. The van der Waals surface area contributed by atoms with Crippen LogP contribution in [0.25, 0.3) is 11.3 Å². The predicted octanol–water partition coefficient (Wildman–Crippen LogP) is 1.35. The van der Waals surface area contributed by atoms with Crippen molar-refractivity contribution >= 4 is 5.97 Å². The summed E-state index contributed by atoms with van der Waals surface area (Å²) in [6.45, 7) is 1.96. The molecule has 0 amide bonds. The van der Waals surface area contributed by atoms with Crippen molar-refractivity contribution in [2.45, 2.75) is 6.92 Å². The Hall–Kier alpha value is -2.37. The molecule has 2 N–H and O–H groups in total. The number of carbonyl (C=O) groups excluding carboxylic acids is 1. The van der Waals surface area contributed by atoms with Crippen LogP contribution in [0.4, 0.5) is 0 Å². The number of phenols is 1. The van der Waals surface area contributed by atoms with Gasteiger partial charge in [0.1, 0.15) is 11.4 Å². The van der Waals surface area contributed by atoms with Crippen LogP contribution in [-0.4, -0.2) is 33.1 Å². The molecule has 0 fully saturated rings. The third kappa shape index (κ3) is 2.10. The molecule has 0 atom stereocenters. The number of aromatic nitrogens is 3. The molecular formula is C11H11N3O3. The summed E-state index contributed by atoms with van der Waals surface area (Å²) in [6, 6.07) is 6.58. The summed E-state index contributed by atoms with van der Waals surface area (Å²) in [5.74, 6) is -0.536. The van der Waals surface area contributed by atoms with Crippen LogP contribution in [-0.2, 0) is 4.74 Å². The monoisotopic (exact) mass is 233 g/mol. The molecule has 17 heavy (non-hydrogen) atoms. The van der Waals surface area contributed by atoms with E-state index >= 15 is 0 Å². The molecule has 0 unspecified atom stereocenters. The van der Waals surface area contributed by atoms with Crippen LogP contribution in [0.15, 0.2) is 24.3 Å². The molecule has 0 spiro atoms. The first kappa shape index (κ1) is 11.1. The Balaban J connectivity index is 2.44. The second-order valence-electron chi connectivity index (χ2n) is 3.26. The van der Waals surface area contributed by atoms with E-state index in [1.165, 1.54) is 6.07 Å². The first-order valence-corrected chi connectivity index (χ1v) is 5.10. The number of hydrogen-bond donors (Lipinski definition) is 2. The molecule has 1 aromatic carbocycles. The SMILES string of the molecule is CCOC(=O)c1n[nH]nc1-c1ccccc1O. The molecule has 0 aliphatic carbocycles. The fourth-order valence-electron chi connectivity index (χ4n) is 1.43. The van der Waals surface area contributed by atoms with Crippen LogP contribution >= 0.6 is 0 Å². The molecule has 6 heteroatoms. The van der Waals surface area contributed by atoms with Gasteiger partial charge < -0.3 is 9.84 Å². The summed E-state index contributed by atoms with van der Waals surface area (Å²) in [6.07, 6.45) is 0. The fraction of sp³-hybridized carbons (Fsp3) is 0.182. The lowest BCUT2D eigenvalue weighted by Crippen LogP contribution is -2.06. The van der Waals surface area contributed by atoms with Crippen molar-refractivity contribution in [1.29, 1.82) is 0 Å². The fourth-order valence-corrected chi connectivity index (χ4v) is 1.43.